The van der Waals surface area contributed by atoms with Gasteiger partial charge in [0.1, 0.15) is 13.1 Å². The summed E-state index contributed by atoms with van der Waals surface area (Å²) in [6.45, 7) is 1.36. The summed E-state index contributed by atoms with van der Waals surface area (Å²) < 4.78 is 28.8. The smallest absolute Gasteiger partial charge is 0.328 e. The maximum Gasteiger partial charge on any atom is 0.328 e. The molecule has 0 bridgehead atoms. The van der Waals surface area contributed by atoms with E-state index in [4.69, 9.17) is 16.3 Å². The summed E-state index contributed by atoms with van der Waals surface area (Å²) in [5.74, 6) is -1.48. The average Bonchev–Trinajstić information content (AvgIpc) is 3.36. The van der Waals surface area contributed by atoms with E-state index in [0.717, 1.165) is 31.2 Å². The lowest BCUT2D eigenvalue weighted by Gasteiger charge is -2.25. The number of aromatic nitrogens is 4. The molecular formula is C21H22ClN7O9S2. The van der Waals surface area contributed by atoms with Crippen LogP contribution in [0.15, 0.2) is 34.0 Å². The molecule has 2 heterocycles. The van der Waals surface area contributed by atoms with Gasteiger partial charge in [-0.2, -0.15) is 0 Å². The molecule has 0 spiro atoms. The summed E-state index contributed by atoms with van der Waals surface area (Å²) in [4.78, 5) is 62.8. The second-order valence-electron chi connectivity index (χ2n) is 7.96. The van der Waals surface area contributed by atoms with Crippen LogP contribution < -0.4 is 15.6 Å². The molecule has 19 heteroatoms. The molecule has 1 amide bonds. The molecule has 0 aliphatic rings. The van der Waals surface area contributed by atoms with Gasteiger partial charge < -0.3 is 9.64 Å². The molecule has 0 saturated carbocycles. The number of nitrogens with one attached hydrogen (secondary N) is 1. The van der Waals surface area contributed by atoms with E-state index >= 15 is 0 Å². The van der Waals surface area contributed by atoms with Crippen LogP contribution in [0.1, 0.15) is 12.5 Å². The molecule has 3 aromatic rings. The Kier molecular flexibility index (Phi) is 10.2. The molecule has 0 saturated heterocycles. The summed E-state index contributed by atoms with van der Waals surface area (Å²) >= 11 is 3.96. The minimum Gasteiger partial charge on any atom is -0.465 e. The van der Waals surface area contributed by atoms with Crippen LogP contribution in [0, 0.1) is 17.0 Å². The summed E-state index contributed by atoms with van der Waals surface area (Å²) in [6.07, 6.45) is 1.19. The number of amides is 1. The summed E-state index contributed by atoms with van der Waals surface area (Å²) in [6, 6.07) is 3.92. The van der Waals surface area contributed by atoms with Crippen LogP contribution in [-0.4, -0.2) is 76.5 Å². The number of aryl methyl sites for hydroxylation is 1. The van der Waals surface area contributed by atoms with E-state index in [1.54, 1.807) is 6.92 Å². The van der Waals surface area contributed by atoms with Crippen LogP contribution in [-0.2, 0) is 32.1 Å². The van der Waals surface area contributed by atoms with Crippen LogP contribution in [0.2, 0.25) is 5.02 Å². The van der Waals surface area contributed by atoms with Gasteiger partial charge in [-0.05, 0) is 26.0 Å². The van der Waals surface area contributed by atoms with Crippen molar-refractivity contribution in [2.75, 3.05) is 30.5 Å². The zero-order valence-electron chi connectivity index (χ0n) is 20.9. The summed E-state index contributed by atoms with van der Waals surface area (Å²) in [7, 11) is 0. The van der Waals surface area contributed by atoms with Gasteiger partial charge in [0, 0.05) is 29.4 Å². The van der Waals surface area contributed by atoms with Crippen molar-refractivity contribution in [3.63, 3.8) is 0 Å². The largest absolute Gasteiger partial charge is 0.465 e. The number of nitrogens with zero attached hydrogens (tertiary/aromatic N) is 6. The van der Waals surface area contributed by atoms with E-state index in [2.05, 4.69) is 15.2 Å². The Bertz CT molecular complexity index is 1570. The maximum atomic E-state index is 13.0. The monoisotopic (exact) mass is 615 g/mol. The van der Waals surface area contributed by atoms with Crippen LogP contribution in [0.3, 0.4) is 0 Å². The van der Waals surface area contributed by atoms with Gasteiger partial charge in [0.05, 0.1) is 23.6 Å². The Morgan fingerprint density at radius 1 is 1.30 bits per heavy atom. The fourth-order valence-electron chi connectivity index (χ4n) is 3.35. The summed E-state index contributed by atoms with van der Waals surface area (Å²) in [5.41, 5.74) is -1.53. The number of benzene rings is 1. The molecule has 0 radical (unpaired) electrons. The van der Waals surface area contributed by atoms with Crippen LogP contribution >= 0.6 is 22.9 Å². The highest BCUT2D eigenvalue weighted by Gasteiger charge is 2.26. The van der Waals surface area contributed by atoms with Crippen molar-refractivity contribution in [3.05, 3.63) is 65.9 Å². The Morgan fingerprint density at radius 2 is 2.02 bits per heavy atom. The Labute approximate surface area is 236 Å². The SMILES string of the molecule is CCOC(=O)CN(CCN(c1nnc(-c2ccc(Cl)cc2[N+](=O)[O-])s1)S(=O)O)C(=O)Cn1cc(C)c(=O)[nH]c1=O. The highest BCUT2D eigenvalue weighted by Crippen LogP contribution is 2.36. The Hall–Kier alpha value is -4.00. The molecule has 2 aromatic heterocycles. The van der Waals surface area contributed by atoms with Gasteiger partial charge in [-0.15, -0.1) is 10.2 Å². The van der Waals surface area contributed by atoms with Gasteiger partial charge in [-0.3, -0.25) is 38.6 Å². The van der Waals surface area contributed by atoms with Crippen molar-refractivity contribution < 1.29 is 28.0 Å². The van der Waals surface area contributed by atoms with Gasteiger partial charge in [0.2, 0.25) is 11.0 Å². The number of nitro benzene ring substituents is 1. The van der Waals surface area contributed by atoms with Gasteiger partial charge in [-0.1, -0.05) is 22.9 Å². The molecule has 0 aliphatic carbocycles. The van der Waals surface area contributed by atoms with E-state index in [-0.39, 0.29) is 51.7 Å². The fraction of sp³-hybridized carbons (Fsp3) is 0.333. The number of anilines is 1. The number of hydrogen-bond acceptors (Lipinski definition) is 11. The van der Waals surface area contributed by atoms with Crippen molar-refractivity contribution >= 4 is 56.9 Å². The van der Waals surface area contributed by atoms with E-state index in [9.17, 15) is 38.1 Å². The maximum absolute atomic E-state index is 13.0. The molecule has 3 rings (SSSR count). The molecule has 0 aliphatic heterocycles. The van der Waals surface area contributed by atoms with Gasteiger partial charge >= 0.3 is 11.7 Å². The number of H-pyrrole nitrogens is 1. The van der Waals surface area contributed by atoms with Crippen LogP contribution in [0.25, 0.3) is 10.6 Å². The number of carbonyl (C=O) groups is 2. The fourth-order valence-corrected chi connectivity index (χ4v) is 5.04. The minimum atomic E-state index is -2.67. The third kappa shape index (κ3) is 7.56. The topological polar surface area (TPSA) is 211 Å². The zero-order chi connectivity index (χ0) is 29.6. The third-order valence-corrected chi connectivity index (χ3v) is 7.31. The number of ether oxygens (including phenoxy) is 1. The van der Waals surface area contributed by atoms with Crippen molar-refractivity contribution in [2.24, 2.45) is 0 Å². The summed E-state index contributed by atoms with van der Waals surface area (Å²) in [5, 5.41) is 19.3. The highest BCUT2D eigenvalue weighted by atomic mass is 35.5. The first-order chi connectivity index (χ1) is 18.9. The lowest BCUT2D eigenvalue weighted by molar-refractivity contribution is -0.384. The van der Waals surface area contributed by atoms with E-state index in [0.29, 0.717) is 0 Å². The number of nitro groups is 1. The first kappa shape index (κ1) is 30.5. The predicted molar refractivity (Wildman–Crippen MR) is 144 cm³/mol. The van der Waals surface area contributed by atoms with Crippen LogP contribution in [0.4, 0.5) is 10.8 Å². The van der Waals surface area contributed by atoms with Crippen molar-refractivity contribution in [1.29, 1.82) is 0 Å². The van der Waals surface area contributed by atoms with E-state index < -0.39 is 52.4 Å². The molecule has 40 heavy (non-hydrogen) atoms. The molecular weight excluding hydrogens is 594 g/mol. The van der Waals surface area contributed by atoms with Crippen molar-refractivity contribution in [2.45, 2.75) is 20.4 Å². The molecule has 2 N–H and O–H groups in total. The number of aromatic amines is 1. The number of hydrogen-bond donors (Lipinski definition) is 2. The molecule has 214 valence electrons. The number of esters is 1. The molecule has 1 unspecified atom stereocenters. The lowest BCUT2D eigenvalue weighted by atomic mass is 10.2. The normalized spacial score (nSPS) is 11.6. The zero-order valence-corrected chi connectivity index (χ0v) is 23.3. The predicted octanol–water partition coefficient (Wildman–Crippen LogP) is 0.960. The quantitative estimate of drug-likeness (QED) is 0.127. The third-order valence-electron chi connectivity index (χ3n) is 5.25. The molecule has 1 atom stereocenters. The number of halogens is 1. The molecule has 1 aromatic carbocycles. The second-order valence-corrected chi connectivity index (χ2v) is 10.3. The molecule has 16 nitrogen and oxygen atoms in total. The first-order valence-corrected chi connectivity index (χ1v) is 13.6. The van der Waals surface area contributed by atoms with Crippen molar-refractivity contribution in [1.82, 2.24) is 24.6 Å². The number of rotatable bonds is 12. The Balaban J connectivity index is 1.85. The molecule has 0 fully saturated rings. The minimum absolute atomic E-state index is 0.0383. The van der Waals surface area contributed by atoms with E-state index in [1.165, 1.54) is 25.3 Å². The lowest BCUT2D eigenvalue weighted by Crippen LogP contribution is -2.45. The standard InChI is InChI=1S/C21H22ClN7O9S2/c1-3-38-17(31)11-26(16(30)10-27-9-12(2)18(32)23-20(27)33)6-7-28(40(36)37)21-25-24-19(39-21)14-5-4-13(22)8-15(14)29(34)35/h4-5,8-9H,3,6-7,10-11H2,1-2H3,(H,36,37)(H,23,32,33). The Morgan fingerprint density at radius 3 is 2.67 bits per heavy atom. The highest BCUT2D eigenvalue weighted by molar-refractivity contribution is 7.81. The van der Waals surface area contributed by atoms with Crippen LogP contribution in [0.5, 0.6) is 0 Å². The van der Waals surface area contributed by atoms with Gasteiger partial charge in [0.15, 0.2) is 5.01 Å². The average molecular weight is 616 g/mol. The first-order valence-electron chi connectivity index (χ1n) is 11.3. The van der Waals surface area contributed by atoms with Crippen molar-refractivity contribution in [3.8, 4) is 10.6 Å². The van der Waals surface area contributed by atoms with Gasteiger partial charge in [0.25, 0.3) is 22.5 Å². The number of carbonyl (C=O) groups excluding carboxylic acids is 2. The second kappa shape index (κ2) is 13.4. The van der Waals surface area contributed by atoms with E-state index in [1.807, 2.05) is 0 Å². The van der Waals surface area contributed by atoms with Gasteiger partial charge in [-0.25, -0.2) is 13.3 Å².